The number of hydrogen-bond acceptors (Lipinski definition) is 7. The first-order valence-corrected chi connectivity index (χ1v) is 14.7. The quantitative estimate of drug-likeness (QED) is 0.0731. The molecule has 2 unspecified atom stereocenters. The van der Waals surface area contributed by atoms with Gasteiger partial charge in [-0.1, -0.05) is 83.6 Å². The summed E-state index contributed by atoms with van der Waals surface area (Å²) in [5.41, 5.74) is 0. The van der Waals surface area contributed by atoms with Crippen molar-refractivity contribution >= 4 is 21.7 Å². The van der Waals surface area contributed by atoms with Crippen LogP contribution >= 0.6 is 0 Å². The largest absolute Gasteiger partial charge is 1.00 e. The van der Waals surface area contributed by atoms with Gasteiger partial charge < -0.3 is 14.8 Å². The molecule has 0 bridgehead atoms. The fourth-order valence-corrected chi connectivity index (χ4v) is 5.23. The third-order valence-corrected chi connectivity index (χ3v) is 7.23. The average Bonchev–Trinajstić information content (AvgIpc) is 3.15. The maximum absolute atomic E-state index is 12.7. The number of ketones is 1. The van der Waals surface area contributed by atoms with Crippen LogP contribution in [0.3, 0.4) is 0 Å². The molecule has 0 aromatic rings. The Morgan fingerprint density at radius 3 is 2.11 bits per heavy atom. The Morgan fingerprint density at radius 1 is 1.06 bits per heavy atom. The maximum atomic E-state index is 12.7. The minimum absolute atomic E-state index is 0. The summed E-state index contributed by atoms with van der Waals surface area (Å²) >= 11 is 0. The van der Waals surface area contributed by atoms with E-state index in [1.807, 2.05) is 6.08 Å². The molecule has 1 heterocycles. The van der Waals surface area contributed by atoms with E-state index < -0.39 is 22.0 Å². The summed E-state index contributed by atoms with van der Waals surface area (Å²) in [5, 5.41) is 19.6. The Labute approximate surface area is 234 Å². The molecule has 0 amide bonds. The van der Waals surface area contributed by atoms with E-state index in [0.717, 1.165) is 19.3 Å². The molecule has 1 aliphatic rings. The fraction of sp³-hybridized carbons (Fsp3) is 0.840. The molecule has 35 heavy (non-hydrogen) atoms. The summed E-state index contributed by atoms with van der Waals surface area (Å²) in [4.78, 5) is 17.0. The SMILES string of the molecule is CCCCCCCCCCCCCC/C=C/C(=O)C1=NCC[N+]1(CCO)CC(O)CS(=O)(=O)[O-].[Na+]. The number of allylic oxidation sites excluding steroid dienone is 1. The van der Waals surface area contributed by atoms with Crippen molar-refractivity contribution in [1.82, 2.24) is 0 Å². The first kappa shape index (κ1) is 34.9. The number of quaternary nitrogens is 1. The van der Waals surface area contributed by atoms with Crippen molar-refractivity contribution in [2.24, 2.45) is 4.99 Å². The van der Waals surface area contributed by atoms with Crippen molar-refractivity contribution in [2.45, 2.75) is 96.5 Å². The molecule has 0 spiro atoms. The Morgan fingerprint density at radius 2 is 1.60 bits per heavy atom. The number of aliphatic hydroxyl groups is 2. The average molecular weight is 526 g/mol. The third-order valence-electron chi connectivity index (χ3n) is 6.44. The van der Waals surface area contributed by atoms with Gasteiger partial charge in [0.25, 0.3) is 11.6 Å². The van der Waals surface area contributed by atoms with E-state index in [9.17, 15) is 28.0 Å². The predicted molar refractivity (Wildman–Crippen MR) is 135 cm³/mol. The summed E-state index contributed by atoms with van der Waals surface area (Å²) in [6.07, 6.45) is 18.1. The third kappa shape index (κ3) is 15.7. The zero-order valence-corrected chi connectivity index (χ0v) is 24.8. The number of amidine groups is 1. The Hall–Kier alpha value is -0.130. The van der Waals surface area contributed by atoms with Crippen LogP contribution in [0.1, 0.15) is 90.4 Å². The number of nitrogens with zero attached hydrogens (tertiary/aromatic N) is 2. The number of aliphatic imine (C=N–C) groups is 1. The molecule has 0 saturated carbocycles. The Kier molecular flexibility index (Phi) is 19.8. The second kappa shape index (κ2) is 19.9. The van der Waals surface area contributed by atoms with E-state index in [2.05, 4.69) is 11.9 Å². The first-order chi connectivity index (χ1) is 16.2. The van der Waals surface area contributed by atoms with E-state index in [-0.39, 0.29) is 65.4 Å². The molecule has 1 aliphatic heterocycles. The van der Waals surface area contributed by atoms with E-state index in [0.29, 0.717) is 13.1 Å². The number of carbonyl (C=O) groups is 1. The molecule has 0 aromatic carbocycles. The molecule has 0 aliphatic carbocycles. The van der Waals surface area contributed by atoms with Crippen LogP contribution in [0.5, 0.6) is 0 Å². The van der Waals surface area contributed by atoms with Gasteiger partial charge in [-0.15, -0.1) is 0 Å². The van der Waals surface area contributed by atoms with Crippen LogP contribution in [-0.4, -0.2) is 83.9 Å². The van der Waals surface area contributed by atoms with Gasteiger partial charge in [0.15, 0.2) is 0 Å². The molecule has 0 aromatic heterocycles. The maximum Gasteiger partial charge on any atom is 1.00 e. The second-order valence-corrected chi connectivity index (χ2v) is 11.0. The standard InChI is InChI=1S/C25H46N2O6S.Na/c1-2-3-4-5-6-7-8-9-10-11-12-13-14-15-16-24(30)25-26-17-18-27(25,19-20-28)21-23(29)22-34(31,32)33;/h15-16,23,28-29H,2-14,17-22H2,1H3;/q;+1/b16-15+;. The van der Waals surface area contributed by atoms with Gasteiger partial charge in [0.1, 0.15) is 25.7 Å². The first-order valence-electron chi connectivity index (χ1n) is 13.1. The number of unbranched alkanes of at least 4 members (excludes halogenated alkanes) is 12. The zero-order valence-electron chi connectivity index (χ0n) is 22.0. The summed E-state index contributed by atoms with van der Waals surface area (Å²) in [6.45, 7) is 2.72. The van der Waals surface area contributed by atoms with Crippen molar-refractivity contribution in [2.75, 3.05) is 38.5 Å². The van der Waals surface area contributed by atoms with E-state index >= 15 is 0 Å². The van der Waals surface area contributed by atoms with Gasteiger partial charge in [-0.05, 0) is 18.9 Å². The molecule has 0 fully saturated rings. The summed E-state index contributed by atoms with van der Waals surface area (Å²) in [5.74, 6) is -1.00. The van der Waals surface area contributed by atoms with Crippen LogP contribution in [-0.2, 0) is 14.9 Å². The molecule has 0 saturated heterocycles. The van der Waals surface area contributed by atoms with E-state index in [1.54, 1.807) is 0 Å². The Balaban J connectivity index is 0.0000116. The van der Waals surface area contributed by atoms with Crippen LogP contribution in [0, 0.1) is 0 Å². The van der Waals surface area contributed by atoms with Crippen molar-refractivity contribution in [3.63, 3.8) is 0 Å². The molecule has 8 nitrogen and oxygen atoms in total. The second-order valence-electron chi connectivity index (χ2n) is 9.53. The van der Waals surface area contributed by atoms with Crippen LogP contribution in [0.2, 0.25) is 0 Å². The van der Waals surface area contributed by atoms with Crippen molar-refractivity contribution in [1.29, 1.82) is 0 Å². The normalized spacial score (nSPS) is 19.0. The minimum Gasteiger partial charge on any atom is -0.748 e. The minimum atomic E-state index is -4.59. The molecule has 0 radical (unpaired) electrons. The predicted octanol–water partition coefficient (Wildman–Crippen LogP) is 0.334. The summed E-state index contributed by atoms with van der Waals surface area (Å²) in [7, 11) is -4.59. The number of aliphatic hydroxyl groups excluding tert-OH is 2. The molecule has 2 N–H and O–H groups in total. The van der Waals surface area contributed by atoms with Crippen molar-refractivity contribution in [3.8, 4) is 0 Å². The number of hydrogen-bond donors (Lipinski definition) is 2. The monoisotopic (exact) mass is 525 g/mol. The fourth-order valence-electron chi connectivity index (χ4n) is 4.65. The van der Waals surface area contributed by atoms with Gasteiger partial charge in [-0.3, -0.25) is 9.28 Å². The molecule has 198 valence electrons. The molecule has 10 heteroatoms. The Bertz CT molecular complexity index is 744. The molecule has 2 atom stereocenters. The van der Waals surface area contributed by atoms with Gasteiger partial charge in [-0.2, -0.15) is 0 Å². The topological polar surface area (TPSA) is 127 Å². The van der Waals surface area contributed by atoms with Crippen molar-refractivity contribution in [3.05, 3.63) is 12.2 Å². The van der Waals surface area contributed by atoms with Crippen LogP contribution < -0.4 is 29.6 Å². The summed E-state index contributed by atoms with van der Waals surface area (Å²) in [6, 6.07) is 0. The van der Waals surface area contributed by atoms with Gasteiger partial charge in [-0.25, -0.2) is 13.4 Å². The molecule has 1 rings (SSSR count). The van der Waals surface area contributed by atoms with Crippen LogP contribution in [0.25, 0.3) is 0 Å². The van der Waals surface area contributed by atoms with Gasteiger partial charge in [0.05, 0.1) is 29.0 Å². The number of rotatable bonds is 21. The van der Waals surface area contributed by atoms with Gasteiger partial charge in [0.2, 0.25) is 0 Å². The van der Waals surface area contributed by atoms with Crippen LogP contribution in [0.4, 0.5) is 0 Å². The van der Waals surface area contributed by atoms with Crippen LogP contribution in [0.15, 0.2) is 17.1 Å². The smallest absolute Gasteiger partial charge is 0.748 e. The van der Waals surface area contributed by atoms with E-state index in [1.165, 1.54) is 70.3 Å². The molecular formula is C25H46N2NaO6S+. The van der Waals surface area contributed by atoms with Crippen molar-refractivity contribution < 1.29 is 62.0 Å². The molecular weight excluding hydrogens is 479 g/mol. The van der Waals surface area contributed by atoms with E-state index in [4.69, 9.17) is 0 Å². The van der Waals surface area contributed by atoms with Gasteiger partial charge >= 0.3 is 29.6 Å². The zero-order chi connectivity index (χ0) is 25.3. The summed E-state index contributed by atoms with van der Waals surface area (Å²) < 4.78 is 32.8. The number of carbonyl (C=O) groups excluding carboxylic acids is 1. The van der Waals surface area contributed by atoms with Gasteiger partial charge in [0, 0.05) is 0 Å².